The number of carbonyl (C=O) groups excluding carboxylic acids is 2. The van der Waals surface area contributed by atoms with E-state index in [2.05, 4.69) is 16.3 Å². The summed E-state index contributed by atoms with van der Waals surface area (Å²) in [6.07, 6.45) is 1.87. The number of carbonyl (C=O) groups is 2. The maximum Gasteiger partial charge on any atom is 0.254 e. The number of aliphatic hydroxyl groups excluding tert-OH is 1. The fourth-order valence-electron chi connectivity index (χ4n) is 3.29. The van der Waals surface area contributed by atoms with Gasteiger partial charge in [-0.1, -0.05) is 30.4 Å². The van der Waals surface area contributed by atoms with E-state index in [1.807, 2.05) is 0 Å². The second-order valence-electron chi connectivity index (χ2n) is 7.78. The van der Waals surface area contributed by atoms with Gasteiger partial charge in [0.2, 0.25) is 5.78 Å². The molecule has 1 N–H and O–H groups in total. The Morgan fingerprint density at radius 1 is 1.29 bits per heavy atom. The number of nitriles is 1. The normalized spacial score (nSPS) is 13.3. The van der Waals surface area contributed by atoms with Gasteiger partial charge in [-0.25, -0.2) is 8.78 Å². The molecule has 180 valence electrons. The number of aromatic nitrogens is 2. The zero-order valence-electron chi connectivity index (χ0n) is 19.6. The lowest BCUT2D eigenvalue weighted by molar-refractivity contribution is -0.130. The quantitative estimate of drug-likeness (QED) is 0.403. The van der Waals surface area contributed by atoms with Crippen LogP contribution >= 0.6 is 11.3 Å². The van der Waals surface area contributed by atoms with E-state index in [1.165, 1.54) is 24.0 Å². The molecule has 0 bridgehead atoms. The van der Waals surface area contributed by atoms with Gasteiger partial charge in [0.1, 0.15) is 22.7 Å². The van der Waals surface area contributed by atoms with Crippen molar-refractivity contribution in [2.75, 3.05) is 0 Å². The fourth-order valence-corrected chi connectivity index (χ4v) is 4.23. The minimum absolute atomic E-state index is 0.0244. The first-order chi connectivity index (χ1) is 16.0. The van der Waals surface area contributed by atoms with Crippen molar-refractivity contribution in [1.82, 2.24) is 15.1 Å². The van der Waals surface area contributed by atoms with E-state index in [1.54, 1.807) is 27.7 Å². The molecule has 0 spiro atoms. The molecular weight excluding hydrogens is 462 g/mol. The second kappa shape index (κ2) is 11.6. The van der Waals surface area contributed by atoms with Gasteiger partial charge in [0, 0.05) is 18.5 Å². The Labute approximate surface area is 201 Å². The summed E-state index contributed by atoms with van der Waals surface area (Å²) >= 11 is 1.02. The molecule has 0 saturated carbocycles. The van der Waals surface area contributed by atoms with Gasteiger partial charge in [-0.3, -0.25) is 9.59 Å². The van der Waals surface area contributed by atoms with Crippen molar-refractivity contribution in [3.05, 3.63) is 62.8 Å². The van der Waals surface area contributed by atoms with Crippen molar-refractivity contribution in [2.45, 2.75) is 59.5 Å². The Kier molecular flexibility index (Phi) is 9.15. The summed E-state index contributed by atoms with van der Waals surface area (Å²) in [7, 11) is 0. The number of Topliss-reactive ketones (excluding diaryl/α,β-unsaturated/α-hetero) is 1. The predicted molar refractivity (Wildman–Crippen MR) is 125 cm³/mol. The highest BCUT2D eigenvalue weighted by Crippen LogP contribution is 2.26. The summed E-state index contributed by atoms with van der Waals surface area (Å²) in [5, 5.41) is 28.5. The highest BCUT2D eigenvalue weighted by atomic mass is 32.1. The number of ketones is 1. The fraction of sp³-hybridized carbons (Fsp3) is 0.375. The van der Waals surface area contributed by atoms with Crippen LogP contribution < -0.4 is 0 Å². The number of aliphatic hydroxyl groups is 1. The molecule has 2 aromatic rings. The van der Waals surface area contributed by atoms with Crippen LogP contribution in [0.5, 0.6) is 0 Å². The first-order valence-corrected chi connectivity index (χ1v) is 11.5. The summed E-state index contributed by atoms with van der Waals surface area (Å²) in [5.74, 6) is -3.60. The molecule has 0 aliphatic heterocycles. The van der Waals surface area contributed by atoms with Crippen LogP contribution in [0.15, 0.2) is 35.6 Å². The van der Waals surface area contributed by atoms with Gasteiger partial charge in [0.15, 0.2) is 10.8 Å². The van der Waals surface area contributed by atoms with Crippen LogP contribution in [-0.4, -0.2) is 44.0 Å². The third-order valence-electron chi connectivity index (χ3n) is 5.14. The molecule has 1 unspecified atom stereocenters. The van der Waals surface area contributed by atoms with Crippen LogP contribution in [0.1, 0.15) is 56.6 Å². The van der Waals surface area contributed by atoms with E-state index in [-0.39, 0.29) is 34.2 Å². The number of hydrogen-bond acceptors (Lipinski definition) is 7. The van der Waals surface area contributed by atoms with Crippen molar-refractivity contribution >= 4 is 28.6 Å². The van der Waals surface area contributed by atoms with E-state index >= 15 is 0 Å². The van der Waals surface area contributed by atoms with E-state index < -0.39 is 35.1 Å². The second-order valence-corrected chi connectivity index (χ2v) is 8.84. The molecule has 0 saturated heterocycles. The lowest BCUT2D eigenvalue weighted by Crippen LogP contribution is -2.44. The smallest absolute Gasteiger partial charge is 0.254 e. The number of allylic oxidation sites excluding steroid dienone is 2. The molecule has 2 rings (SSSR count). The minimum Gasteiger partial charge on any atom is -0.504 e. The van der Waals surface area contributed by atoms with Crippen LogP contribution in [0.2, 0.25) is 0 Å². The Bertz CT molecular complexity index is 1180. The van der Waals surface area contributed by atoms with E-state index in [0.717, 1.165) is 23.5 Å². The zero-order chi connectivity index (χ0) is 25.6. The average molecular weight is 489 g/mol. The van der Waals surface area contributed by atoms with Crippen LogP contribution in [0, 0.1) is 23.0 Å². The monoisotopic (exact) mass is 488 g/mol. The largest absolute Gasteiger partial charge is 0.504 e. The third-order valence-corrected chi connectivity index (χ3v) is 6.10. The van der Waals surface area contributed by atoms with Gasteiger partial charge in [-0.2, -0.15) is 5.26 Å². The van der Waals surface area contributed by atoms with Crippen molar-refractivity contribution in [3.8, 4) is 6.07 Å². The molecule has 1 amide bonds. The molecular formula is C24H26F2N4O3S. The molecule has 1 atom stereocenters. The predicted octanol–water partition coefficient (Wildman–Crippen LogP) is 4.75. The van der Waals surface area contributed by atoms with Gasteiger partial charge in [0.05, 0.1) is 17.2 Å². The minimum atomic E-state index is -0.822. The Hall–Kier alpha value is -3.45. The number of rotatable bonds is 9. The molecule has 0 fully saturated rings. The van der Waals surface area contributed by atoms with E-state index in [9.17, 15) is 28.7 Å². The summed E-state index contributed by atoms with van der Waals surface area (Å²) in [4.78, 5) is 27.3. The van der Waals surface area contributed by atoms with Crippen LogP contribution in [0.3, 0.4) is 0 Å². The molecule has 10 heteroatoms. The lowest BCUT2D eigenvalue weighted by atomic mass is 10.0. The topological polar surface area (TPSA) is 107 Å². The summed E-state index contributed by atoms with van der Waals surface area (Å²) in [5.41, 5.74) is 0.0552. The van der Waals surface area contributed by atoms with Crippen molar-refractivity contribution < 1.29 is 23.5 Å². The Morgan fingerprint density at radius 3 is 2.50 bits per heavy atom. The summed E-state index contributed by atoms with van der Waals surface area (Å²) in [6, 6.07) is 4.26. The molecule has 34 heavy (non-hydrogen) atoms. The van der Waals surface area contributed by atoms with Crippen molar-refractivity contribution in [3.63, 3.8) is 0 Å². The molecule has 1 aromatic carbocycles. The van der Waals surface area contributed by atoms with Gasteiger partial charge in [0.25, 0.3) is 5.91 Å². The van der Waals surface area contributed by atoms with Crippen LogP contribution in [0.4, 0.5) is 8.78 Å². The molecule has 7 nitrogen and oxygen atoms in total. The van der Waals surface area contributed by atoms with Crippen molar-refractivity contribution in [1.29, 1.82) is 5.26 Å². The van der Waals surface area contributed by atoms with E-state index in [0.29, 0.717) is 11.4 Å². The molecule has 0 aliphatic rings. The van der Waals surface area contributed by atoms with Gasteiger partial charge >= 0.3 is 0 Å². The highest BCUT2D eigenvalue weighted by Gasteiger charge is 2.30. The number of benzene rings is 1. The first-order valence-electron chi connectivity index (χ1n) is 10.6. The van der Waals surface area contributed by atoms with Crippen molar-refractivity contribution in [2.24, 2.45) is 0 Å². The number of nitrogens with zero attached hydrogens (tertiary/aromatic N) is 4. The number of hydrogen-bond donors (Lipinski definition) is 1. The van der Waals surface area contributed by atoms with Gasteiger partial charge in [-0.05, 0) is 45.7 Å². The van der Waals surface area contributed by atoms with Crippen LogP contribution in [-0.2, 0) is 16.0 Å². The Morgan fingerprint density at radius 2 is 1.97 bits per heavy atom. The highest BCUT2D eigenvalue weighted by molar-refractivity contribution is 7.12. The summed E-state index contributed by atoms with van der Waals surface area (Å²) in [6.45, 7) is 8.15. The molecule has 1 heterocycles. The standard InChI is InChI=1S/C24H26F2N4O3S/c1-6-17(12-27)30(13(3)4)24(33)14(5)21(31)22(32)18(7-2)23-29-28-20(34-23)10-15-8-9-16(25)11-19(15)26/h7-9,11,13,17,31H,6,10H2,1-5H3/b18-7+,21-14-. The average Bonchev–Trinajstić information content (AvgIpc) is 3.26. The lowest BCUT2D eigenvalue weighted by Gasteiger charge is -2.31. The maximum atomic E-state index is 14.0. The Balaban J connectivity index is 2.32. The molecule has 0 radical (unpaired) electrons. The van der Waals surface area contributed by atoms with Crippen LogP contribution in [0.25, 0.3) is 5.57 Å². The SMILES string of the molecule is C/C=C(\C(=O)/C(O)=C(\C)C(=O)N(C(C)C)C(C#N)CC)c1nnc(Cc2ccc(F)cc2F)s1. The number of halogens is 2. The molecule has 0 aliphatic carbocycles. The third kappa shape index (κ3) is 5.91. The maximum absolute atomic E-state index is 14.0. The zero-order valence-corrected chi connectivity index (χ0v) is 20.4. The van der Waals surface area contributed by atoms with Gasteiger partial charge in [-0.15, -0.1) is 10.2 Å². The van der Waals surface area contributed by atoms with E-state index in [4.69, 9.17) is 0 Å². The molecule has 1 aromatic heterocycles. The summed E-state index contributed by atoms with van der Waals surface area (Å²) < 4.78 is 27.1. The number of amides is 1. The first kappa shape index (κ1) is 26.8. The van der Waals surface area contributed by atoms with Gasteiger partial charge < -0.3 is 10.0 Å².